The summed E-state index contributed by atoms with van der Waals surface area (Å²) in [7, 11) is 1.29. The van der Waals surface area contributed by atoms with Gasteiger partial charge in [0.05, 0.1) is 17.8 Å². The highest BCUT2D eigenvalue weighted by Gasteiger charge is 2.16. The van der Waals surface area contributed by atoms with E-state index in [1.807, 2.05) is 13.0 Å². The van der Waals surface area contributed by atoms with Crippen molar-refractivity contribution in [2.45, 2.75) is 6.92 Å². The summed E-state index contributed by atoms with van der Waals surface area (Å²) >= 11 is 7.18. The molecule has 1 aromatic carbocycles. The average Bonchev–Trinajstić information content (AvgIpc) is 2.95. The molecule has 0 saturated heterocycles. The molecular formula is C15H14ClNO4S. The minimum Gasteiger partial charge on any atom is -0.482 e. The van der Waals surface area contributed by atoms with Crippen molar-refractivity contribution in [1.29, 1.82) is 0 Å². The Morgan fingerprint density at radius 1 is 1.32 bits per heavy atom. The summed E-state index contributed by atoms with van der Waals surface area (Å²) in [5.41, 5.74) is 1.38. The molecule has 116 valence electrons. The van der Waals surface area contributed by atoms with Crippen molar-refractivity contribution >= 4 is 40.5 Å². The van der Waals surface area contributed by atoms with E-state index in [1.165, 1.54) is 18.4 Å². The standard InChI is InChI=1S/C15H14ClNO4S/c1-9-3-4-10(16)12(7-9)21-8-13(18)17-11-5-6-22-14(11)15(19)20-2/h3-7H,8H2,1-2H3,(H,17,18). The Hall–Kier alpha value is -2.05. The van der Waals surface area contributed by atoms with Crippen molar-refractivity contribution in [3.63, 3.8) is 0 Å². The summed E-state index contributed by atoms with van der Waals surface area (Å²) < 4.78 is 10.0. The van der Waals surface area contributed by atoms with Crippen molar-refractivity contribution in [3.8, 4) is 5.75 Å². The summed E-state index contributed by atoms with van der Waals surface area (Å²) in [5, 5.41) is 4.74. The van der Waals surface area contributed by atoms with Crippen LogP contribution in [0.25, 0.3) is 0 Å². The van der Waals surface area contributed by atoms with Gasteiger partial charge in [0, 0.05) is 0 Å². The quantitative estimate of drug-likeness (QED) is 0.846. The fourth-order valence-corrected chi connectivity index (χ4v) is 2.65. The second-order valence-electron chi connectivity index (χ2n) is 4.43. The number of amides is 1. The van der Waals surface area contributed by atoms with Gasteiger partial charge in [0.25, 0.3) is 5.91 Å². The van der Waals surface area contributed by atoms with Crippen LogP contribution in [0, 0.1) is 6.92 Å². The SMILES string of the molecule is COC(=O)c1sccc1NC(=O)COc1cc(C)ccc1Cl. The molecule has 5 nitrogen and oxygen atoms in total. The van der Waals surface area contributed by atoms with Crippen LogP contribution in [0.15, 0.2) is 29.6 Å². The molecule has 0 atom stereocenters. The molecule has 0 aliphatic heterocycles. The number of methoxy groups -OCH3 is 1. The predicted octanol–water partition coefficient (Wildman–Crippen LogP) is 3.51. The molecule has 1 amide bonds. The van der Waals surface area contributed by atoms with Gasteiger partial charge in [-0.3, -0.25) is 4.79 Å². The summed E-state index contributed by atoms with van der Waals surface area (Å²) in [6.07, 6.45) is 0. The van der Waals surface area contributed by atoms with Gasteiger partial charge in [-0.05, 0) is 36.1 Å². The highest BCUT2D eigenvalue weighted by Crippen LogP contribution is 2.26. The van der Waals surface area contributed by atoms with E-state index >= 15 is 0 Å². The normalized spacial score (nSPS) is 10.1. The molecule has 22 heavy (non-hydrogen) atoms. The number of anilines is 1. The van der Waals surface area contributed by atoms with Gasteiger partial charge in [-0.25, -0.2) is 4.79 Å². The van der Waals surface area contributed by atoms with Gasteiger partial charge in [-0.1, -0.05) is 17.7 Å². The van der Waals surface area contributed by atoms with Gasteiger partial charge >= 0.3 is 5.97 Å². The maximum Gasteiger partial charge on any atom is 0.350 e. The zero-order valence-electron chi connectivity index (χ0n) is 12.0. The second kappa shape index (κ2) is 7.29. The van der Waals surface area contributed by atoms with Crippen LogP contribution in [-0.2, 0) is 9.53 Å². The van der Waals surface area contributed by atoms with Gasteiger partial charge in [0.15, 0.2) is 6.61 Å². The molecule has 7 heteroatoms. The number of thiophene rings is 1. The Bertz CT molecular complexity index is 699. The highest BCUT2D eigenvalue weighted by atomic mass is 35.5. The van der Waals surface area contributed by atoms with Crippen molar-refractivity contribution in [2.24, 2.45) is 0 Å². The van der Waals surface area contributed by atoms with Gasteiger partial charge in [0.1, 0.15) is 10.6 Å². The third kappa shape index (κ3) is 3.99. The maximum atomic E-state index is 11.9. The Kier molecular flexibility index (Phi) is 5.41. The highest BCUT2D eigenvalue weighted by molar-refractivity contribution is 7.12. The molecule has 2 rings (SSSR count). The topological polar surface area (TPSA) is 64.6 Å². The molecule has 0 fully saturated rings. The number of carbonyl (C=O) groups is 2. The Morgan fingerprint density at radius 3 is 2.82 bits per heavy atom. The lowest BCUT2D eigenvalue weighted by Crippen LogP contribution is -2.21. The molecule has 0 unspecified atom stereocenters. The second-order valence-corrected chi connectivity index (χ2v) is 5.75. The fourth-order valence-electron chi connectivity index (χ4n) is 1.71. The number of hydrogen-bond acceptors (Lipinski definition) is 5. The Labute approximate surface area is 136 Å². The molecule has 0 spiro atoms. The van der Waals surface area contributed by atoms with E-state index in [-0.39, 0.29) is 12.5 Å². The zero-order chi connectivity index (χ0) is 16.1. The van der Waals surface area contributed by atoms with Crippen LogP contribution in [0.4, 0.5) is 5.69 Å². The third-order valence-electron chi connectivity index (χ3n) is 2.76. The van der Waals surface area contributed by atoms with Gasteiger partial charge in [-0.15, -0.1) is 11.3 Å². The van der Waals surface area contributed by atoms with E-state index in [0.29, 0.717) is 21.3 Å². The number of benzene rings is 1. The number of rotatable bonds is 5. The van der Waals surface area contributed by atoms with Crippen LogP contribution < -0.4 is 10.1 Å². The van der Waals surface area contributed by atoms with Gasteiger partial charge in [-0.2, -0.15) is 0 Å². The number of aryl methyl sites for hydroxylation is 1. The molecule has 1 N–H and O–H groups in total. The van der Waals surface area contributed by atoms with Crippen LogP contribution in [-0.4, -0.2) is 25.6 Å². The number of halogens is 1. The summed E-state index contributed by atoms with van der Waals surface area (Å²) in [4.78, 5) is 23.8. The molecule has 2 aromatic rings. The molecule has 0 aliphatic rings. The van der Waals surface area contributed by atoms with E-state index in [9.17, 15) is 9.59 Å². The number of carbonyl (C=O) groups excluding carboxylic acids is 2. The number of esters is 1. The lowest BCUT2D eigenvalue weighted by molar-refractivity contribution is -0.118. The molecule has 0 aliphatic carbocycles. The van der Waals surface area contributed by atoms with E-state index in [2.05, 4.69) is 10.1 Å². The molecule has 0 saturated carbocycles. The molecule has 1 aromatic heterocycles. The van der Waals surface area contributed by atoms with Crippen molar-refractivity contribution in [3.05, 3.63) is 45.1 Å². The monoisotopic (exact) mass is 339 g/mol. The van der Waals surface area contributed by atoms with Gasteiger partial charge < -0.3 is 14.8 Å². The number of nitrogens with one attached hydrogen (secondary N) is 1. The van der Waals surface area contributed by atoms with Crippen molar-refractivity contribution in [1.82, 2.24) is 0 Å². The molecule has 0 radical (unpaired) electrons. The van der Waals surface area contributed by atoms with Crippen molar-refractivity contribution in [2.75, 3.05) is 19.0 Å². The van der Waals surface area contributed by atoms with Crippen LogP contribution >= 0.6 is 22.9 Å². The third-order valence-corrected chi connectivity index (χ3v) is 3.96. The largest absolute Gasteiger partial charge is 0.482 e. The first-order valence-corrected chi connectivity index (χ1v) is 7.61. The fraction of sp³-hybridized carbons (Fsp3) is 0.200. The molecular weight excluding hydrogens is 326 g/mol. The summed E-state index contributed by atoms with van der Waals surface area (Å²) in [5.74, 6) is -0.440. The van der Waals surface area contributed by atoms with Gasteiger partial charge in [0.2, 0.25) is 0 Å². The summed E-state index contributed by atoms with van der Waals surface area (Å²) in [6, 6.07) is 6.94. The lowest BCUT2D eigenvalue weighted by Gasteiger charge is -2.09. The summed E-state index contributed by atoms with van der Waals surface area (Å²) in [6.45, 7) is 1.69. The average molecular weight is 340 g/mol. The van der Waals surface area contributed by atoms with E-state index < -0.39 is 5.97 Å². The lowest BCUT2D eigenvalue weighted by atomic mass is 10.2. The zero-order valence-corrected chi connectivity index (χ0v) is 13.6. The molecule has 1 heterocycles. The predicted molar refractivity (Wildman–Crippen MR) is 86.0 cm³/mol. The number of ether oxygens (including phenoxy) is 2. The smallest absolute Gasteiger partial charge is 0.350 e. The Morgan fingerprint density at radius 2 is 2.09 bits per heavy atom. The van der Waals surface area contributed by atoms with E-state index in [1.54, 1.807) is 23.6 Å². The first-order chi connectivity index (χ1) is 10.5. The number of hydrogen-bond donors (Lipinski definition) is 1. The van der Waals surface area contributed by atoms with Crippen LogP contribution in [0.3, 0.4) is 0 Å². The first kappa shape index (κ1) is 16.3. The molecule has 0 bridgehead atoms. The van der Waals surface area contributed by atoms with E-state index in [4.69, 9.17) is 16.3 Å². The van der Waals surface area contributed by atoms with Crippen molar-refractivity contribution < 1.29 is 19.1 Å². The van der Waals surface area contributed by atoms with Crippen LogP contribution in [0.5, 0.6) is 5.75 Å². The van der Waals surface area contributed by atoms with E-state index in [0.717, 1.165) is 5.56 Å². The Balaban J connectivity index is 1.98. The first-order valence-electron chi connectivity index (χ1n) is 6.36. The minimum absolute atomic E-state index is 0.209. The van der Waals surface area contributed by atoms with Crippen LogP contribution in [0.1, 0.15) is 15.2 Å². The minimum atomic E-state index is -0.493. The van der Waals surface area contributed by atoms with Crippen LogP contribution in [0.2, 0.25) is 5.02 Å². The maximum absolute atomic E-state index is 11.9.